The summed E-state index contributed by atoms with van der Waals surface area (Å²) in [6.07, 6.45) is 0. The number of hydrogen-bond acceptors (Lipinski definition) is 7. The smallest absolute Gasteiger partial charge is 0.294 e. The zero-order valence-electron chi connectivity index (χ0n) is 16.9. The number of Topliss-reactive ketones (excluding diaryl/α,β-unsaturated/α-hetero) is 1. The lowest BCUT2D eigenvalue weighted by Gasteiger charge is -2.26. The molecule has 3 heterocycles. The highest BCUT2D eigenvalue weighted by Gasteiger charge is 2.46. The molecule has 1 atom stereocenters. The number of rotatable bonds is 5. The Morgan fingerprint density at radius 2 is 1.87 bits per heavy atom. The van der Waals surface area contributed by atoms with Crippen molar-refractivity contribution in [2.45, 2.75) is 26.8 Å². The molecule has 154 valence electrons. The van der Waals surface area contributed by atoms with E-state index in [-0.39, 0.29) is 11.4 Å². The molecule has 1 N–H and O–H groups in total. The second-order valence-electron chi connectivity index (χ2n) is 6.98. The van der Waals surface area contributed by atoms with Crippen molar-refractivity contribution in [1.29, 1.82) is 0 Å². The van der Waals surface area contributed by atoms with Gasteiger partial charge >= 0.3 is 0 Å². The normalized spacial score (nSPS) is 16.5. The molecular weight excluding hydrogens is 420 g/mol. The first-order valence-electron chi connectivity index (χ1n) is 9.27. The van der Waals surface area contributed by atoms with E-state index in [9.17, 15) is 14.7 Å². The number of thiophene rings is 1. The monoisotopic (exact) mass is 440 g/mol. The molecule has 0 saturated heterocycles. The van der Waals surface area contributed by atoms with Crippen molar-refractivity contribution in [3.05, 3.63) is 73.1 Å². The molecule has 3 aromatic rings. The van der Waals surface area contributed by atoms with Crippen LogP contribution in [0.4, 0.5) is 5.69 Å². The average molecular weight is 441 g/mol. The van der Waals surface area contributed by atoms with Gasteiger partial charge in [-0.05, 0) is 62.0 Å². The van der Waals surface area contributed by atoms with Crippen LogP contribution in [-0.2, 0) is 4.79 Å². The van der Waals surface area contributed by atoms with Crippen LogP contribution in [0.5, 0.6) is 5.75 Å². The summed E-state index contributed by atoms with van der Waals surface area (Å²) in [5, 5.41) is 13.5. The second kappa shape index (κ2) is 7.70. The van der Waals surface area contributed by atoms with Gasteiger partial charge in [-0.2, -0.15) is 0 Å². The summed E-state index contributed by atoms with van der Waals surface area (Å²) >= 11 is 2.72. The molecule has 1 aliphatic rings. The Kier molecular flexibility index (Phi) is 5.21. The maximum Gasteiger partial charge on any atom is 0.294 e. The Labute approximate surface area is 182 Å². The Bertz CT molecular complexity index is 1170. The van der Waals surface area contributed by atoms with Gasteiger partial charge in [0.2, 0.25) is 5.78 Å². The van der Waals surface area contributed by atoms with Gasteiger partial charge in [0.05, 0.1) is 28.3 Å². The Morgan fingerprint density at radius 1 is 1.17 bits per heavy atom. The lowest BCUT2D eigenvalue weighted by atomic mass is 9.98. The lowest BCUT2D eigenvalue weighted by molar-refractivity contribution is -0.117. The van der Waals surface area contributed by atoms with Crippen molar-refractivity contribution < 1.29 is 19.4 Å². The van der Waals surface area contributed by atoms with Crippen molar-refractivity contribution >= 4 is 40.1 Å². The first-order chi connectivity index (χ1) is 14.3. The van der Waals surface area contributed by atoms with E-state index in [2.05, 4.69) is 4.98 Å². The van der Waals surface area contributed by atoms with Crippen LogP contribution in [0.3, 0.4) is 0 Å². The fourth-order valence-corrected chi connectivity index (χ4v) is 5.52. The number of ether oxygens (including phenoxy) is 1. The number of nitrogens with zero attached hydrogens (tertiary/aromatic N) is 2. The molecule has 2 aromatic heterocycles. The molecule has 1 amide bonds. The molecule has 0 aliphatic carbocycles. The molecule has 0 fully saturated rings. The van der Waals surface area contributed by atoms with Gasteiger partial charge in [0, 0.05) is 10.6 Å². The van der Waals surface area contributed by atoms with Crippen LogP contribution < -0.4 is 9.64 Å². The molecule has 0 radical (unpaired) electrons. The Balaban J connectivity index is 1.87. The molecule has 4 rings (SSSR count). The molecule has 6 nitrogen and oxygen atoms in total. The minimum absolute atomic E-state index is 0.0909. The highest BCUT2D eigenvalue weighted by atomic mass is 32.1. The van der Waals surface area contributed by atoms with E-state index in [1.54, 1.807) is 38.3 Å². The number of aryl methyl sites for hydroxylation is 3. The van der Waals surface area contributed by atoms with Gasteiger partial charge in [0.25, 0.3) is 5.91 Å². The third kappa shape index (κ3) is 3.22. The summed E-state index contributed by atoms with van der Waals surface area (Å²) in [5.41, 5.74) is 2.21. The average Bonchev–Trinajstić information content (AvgIpc) is 3.37. The highest BCUT2D eigenvalue weighted by molar-refractivity contribution is 7.14. The molecule has 0 spiro atoms. The number of benzene rings is 1. The number of aromatic nitrogens is 1. The third-order valence-corrected chi connectivity index (χ3v) is 7.21. The van der Waals surface area contributed by atoms with E-state index >= 15 is 0 Å². The fourth-order valence-electron chi connectivity index (χ4n) is 3.62. The molecule has 0 saturated carbocycles. The molecule has 8 heteroatoms. The minimum Gasteiger partial charge on any atom is -0.503 e. The van der Waals surface area contributed by atoms with E-state index in [0.717, 1.165) is 15.4 Å². The standard InChI is InChI=1S/C22H20N2O4S2/c1-11-9-10-29-20(11)17-16(18(25)21-12(2)23-13(3)30-21)19(26)22(27)24(17)14-5-7-15(28-4)8-6-14/h5-10,17,26H,1-4H3. The van der Waals surface area contributed by atoms with E-state index in [1.165, 1.54) is 27.6 Å². The topological polar surface area (TPSA) is 79.7 Å². The molecule has 1 aromatic carbocycles. The molecule has 30 heavy (non-hydrogen) atoms. The van der Waals surface area contributed by atoms with Crippen molar-refractivity contribution in [3.63, 3.8) is 0 Å². The molecular formula is C22H20N2O4S2. The molecule has 0 bridgehead atoms. The van der Waals surface area contributed by atoms with E-state index in [4.69, 9.17) is 4.74 Å². The lowest BCUT2D eigenvalue weighted by Crippen LogP contribution is -2.30. The van der Waals surface area contributed by atoms with E-state index in [0.29, 0.717) is 22.0 Å². The van der Waals surface area contributed by atoms with Gasteiger partial charge in [-0.1, -0.05) is 0 Å². The third-order valence-electron chi connectivity index (χ3n) is 5.06. The van der Waals surface area contributed by atoms with Crippen molar-refractivity contribution in [1.82, 2.24) is 4.98 Å². The highest BCUT2D eigenvalue weighted by Crippen LogP contribution is 2.45. The number of aliphatic hydroxyl groups is 1. The molecule has 1 aliphatic heterocycles. The summed E-state index contributed by atoms with van der Waals surface area (Å²) in [6, 6.07) is 8.21. The number of aliphatic hydroxyl groups excluding tert-OH is 1. The van der Waals surface area contributed by atoms with Gasteiger partial charge < -0.3 is 9.84 Å². The number of anilines is 1. The van der Waals surface area contributed by atoms with E-state index in [1.807, 2.05) is 25.3 Å². The fraction of sp³-hybridized carbons (Fsp3) is 0.227. The first kappa shape index (κ1) is 20.3. The summed E-state index contributed by atoms with van der Waals surface area (Å²) in [6.45, 7) is 5.52. The van der Waals surface area contributed by atoms with E-state index < -0.39 is 17.7 Å². The number of methoxy groups -OCH3 is 1. The predicted octanol–water partition coefficient (Wildman–Crippen LogP) is 4.92. The number of thiazole rings is 1. The predicted molar refractivity (Wildman–Crippen MR) is 118 cm³/mol. The van der Waals surface area contributed by atoms with Crippen molar-refractivity contribution in [3.8, 4) is 5.75 Å². The van der Waals surface area contributed by atoms with Gasteiger partial charge in [0.15, 0.2) is 5.76 Å². The van der Waals surface area contributed by atoms with Crippen LogP contribution in [0.1, 0.15) is 36.9 Å². The zero-order chi connectivity index (χ0) is 21.6. The van der Waals surface area contributed by atoms with Crippen LogP contribution in [0.25, 0.3) is 0 Å². The summed E-state index contributed by atoms with van der Waals surface area (Å²) < 4.78 is 5.21. The maximum atomic E-state index is 13.5. The first-order valence-corrected chi connectivity index (χ1v) is 11.0. The van der Waals surface area contributed by atoms with Crippen LogP contribution >= 0.6 is 22.7 Å². The van der Waals surface area contributed by atoms with Gasteiger partial charge in [-0.3, -0.25) is 14.5 Å². The van der Waals surface area contributed by atoms with Gasteiger partial charge in [-0.15, -0.1) is 22.7 Å². The quantitative estimate of drug-likeness (QED) is 0.570. The number of amides is 1. The number of ketones is 1. The van der Waals surface area contributed by atoms with Gasteiger partial charge in [-0.25, -0.2) is 4.98 Å². The SMILES string of the molecule is COc1ccc(N2C(=O)C(O)=C(C(=O)c3sc(C)nc3C)C2c2sccc2C)cc1. The summed E-state index contributed by atoms with van der Waals surface area (Å²) in [5.74, 6) is -0.824. The van der Waals surface area contributed by atoms with Crippen molar-refractivity contribution in [2.75, 3.05) is 12.0 Å². The second-order valence-corrected chi connectivity index (χ2v) is 9.13. The number of carbonyl (C=O) groups excluding carboxylic acids is 2. The van der Waals surface area contributed by atoms with Crippen molar-refractivity contribution in [2.24, 2.45) is 0 Å². The van der Waals surface area contributed by atoms with Crippen LogP contribution in [0, 0.1) is 20.8 Å². The Hall–Kier alpha value is -2.97. The Morgan fingerprint density at radius 3 is 2.40 bits per heavy atom. The van der Waals surface area contributed by atoms with Crippen LogP contribution in [-0.4, -0.2) is 28.9 Å². The summed E-state index contributed by atoms with van der Waals surface area (Å²) in [4.78, 5) is 33.7. The largest absolute Gasteiger partial charge is 0.503 e. The number of carbonyl (C=O) groups is 2. The zero-order valence-corrected chi connectivity index (χ0v) is 18.6. The van der Waals surface area contributed by atoms with Gasteiger partial charge in [0.1, 0.15) is 11.8 Å². The number of hydrogen-bond donors (Lipinski definition) is 1. The molecule has 1 unspecified atom stereocenters. The van der Waals surface area contributed by atoms with Crippen LogP contribution in [0.2, 0.25) is 0 Å². The summed E-state index contributed by atoms with van der Waals surface area (Å²) in [7, 11) is 1.57. The maximum absolute atomic E-state index is 13.5. The minimum atomic E-state index is -0.708. The van der Waals surface area contributed by atoms with Crippen LogP contribution in [0.15, 0.2) is 47.0 Å².